The first-order chi connectivity index (χ1) is 12.3. The summed E-state index contributed by atoms with van der Waals surface area (Å²) in [6, 6.07) is 12.8. The van der Waals surface area contributed by atoms with Gasteiger partial charge in [0.1, 0.15) is 11.5 Å². The fraction of sp³-hybridized carbons (Fsp3) is 0.222. The second-order valence-corrected chi connectivity index (χ2v) is 5.78. The standard InChI is InChI=1S/C18H22N4O4/c19-12-3-7-14(8-4-12)25-18(17(22)24,11-1-2-16(21)23)26-15-9-5-13(20)6-10-15/h3-10H,1-2,11,19-20H2,(H2,21,23)(H2,22,24). The van der Waals surface area contributed by atoms with E-state index in [4.69, 9.17) is 32.4 Å². The van der Waals surface area contributed by atoms with Crippen molar-refractivity contribution in [2.24, 2.45) is 11.5 Å². The van der Waals surface area contributed by atoms with E-state index in [1.807, 2.05) is 0 Å². The molecule has 0 heterocycles. The highest BCUT2D eigenvalue weighted by Gasteiger charge is 2.42. The molecule has 0 aliphatic carbocycles. The van der Waals surface area contributed by atoms with E-state index in [0.29, 0.717) is 22.9 Å². The topological polar surface area (TPSA) is 157 Å². The van der Waals surface area contributed by atoms with Gasteiger partial charge in [-0.2, -0.15) is 0 Å². The monoisotopic (exact) mass is 358 g/mol. The zero-order chi connectivity index (χ0) is 19.2. The van der Waals surface area contributed by atoms with Crippen molar-refractivity contribution in [1.82, 2.24) is 0 Å². The van der Waals surface area contributed by atoms with Crippen LogP contribution < -0.4 is 32.4 Å². The molecule has 0 saturated carbocycles. The Morgan fingerprint density at radius 1 is 0.808 bits per heavy atom. The third-order valence-corrected chi connectivity index (χ3v) is 3.63. The fourth-order valence-corrected chi connectivity index (χ4v) is 2.29. The summed E-state index contributed by atoms with van der Waals surface area (Å²) in [5, 5.41) is 0. The average molecular weight is 358 g/mol. The molecular weight excluding hydrogens is 336 g/mol. The third kappa shape index (κ3) is 5.04. The predicted octanol–water partition coefficient (Wildman–Crippen LogP) is 1.15. The Morgan fingerprint density at radius 2 is 1.23 bits per heavy atom. The van der Waals surface area contributed by atoms with E-state index in [-0.39, 0.29) is 19.3 Å². The maximum absolute atomic E-state index is 12.2. The van der Waals surface area contributed by atoms with Crippen LogP contribution in [0.15, 0.2) is 48.5 Å². The third-order valence-electron chi connectivity index (χ3n) is 3.63. The molecule has 8 N–H and O–H groups in total. The van der Waals surface area contributed by atoms with E-state index in [2.05, 4.69) is 0 Å². The molecule has 8 heteroatoms. The van der Waals surface area contributed by atoms with Crippen molar-refractivity contribution >= 4 is 23.2 Å². The second-order valence-electron chi connectivity index (χ2n) is 5.78. The number of carbonyl (C=O) groups is 2. The highest BCUT2D eigenvalue weighted by molar-refractivity contribution is 5.83. The number of benzene rings is 2. The number of ether oxygens (including phenoxy) is 2. The summed E-state index contributed by atoms with van der Waals surface area (Å²) in [4.78, 5) is 23.3. The number of nitrogen functional groups attached to an aromatic ring is 2. The van der Waals surface area contributed by atoms with Crippen LogP contribution in [0.2, 0.25) is 0 Å². The molecule has 138 valence electrons. The van der Waals surface area contributed by atoms with Crippen LogP contribution in [-0.2, 0) is 9.59 Å². The summed E-state index contributed by atoms with van der Waals surface area (Å²) < 4.78 is 11.6. The average Bonchev–Trinajstić information content (AvgIpc) is 2.58. The van der Waals surface area contributed by atoms with Gasteiger partial charge in [0.05, 0.1) is 0 Å². The lowest BCUT2D eigenvalue weighted by Crippen LogP contribution is -2.54. The zero-order valence-electron chi connectivity index (χ0n) is 14.2. The summed E-state index contributed by atoms with van der Waals surface area (Å²) >= 11 is 0. The first-order valence-corrected chi connectivity index (χ1v) is 7.98. The molecule has 2 amide bonds. The minimum Gasteiger partial charge on any atom is -0.444 e. The maximum atomic E-state index is 12.2. The first-order valence-electron chi connectivity index (χ1n) is 7.98. The first kappa shape index (κ1) is 18.9. The van der Waals surface area contributed by atoms with Crippen LogP contribution in [0.25, 0.3) is 0 Å². The van der Waals surface area contributed by atoms with Gasteiger partial charge in [-0.05, 0) is 55.0 Å². The highest BCUT2D eigenvalue weighted by atomic mass is 16.7. The van der Waals surface area contributed by atoms with E-state index < -0.39 is 17.6 Å². The van der Waals surface area contributed by atoms with Crippen LogP contribution >= 0.6 is 0 Å². The molecule has 2 aromatic carbocycles. The molecule has 0 radical (unpaired) electrons. The van der Waals surface area contributed by atoms with E-state index in [9.17, 15) is 9.59 Å². The van der Waals surface area contributed by atoms with Gasteiger partial charge in [-0.3, -0.25) is 9.59 Å². The lowest BCUT2D eigenvalue weighted by Gasteiger charge is -2.32. The molecule has 8 nitrogen and oxygen atoms in total. The lowest BCUT2D eigenvalue weighted by molar-refractivity contribution is -0.165. The van der Waals surface area contributed by atoms with Crippen LogP contribution in [0.5, 0.6) is 11.5 Å². The van der Waals surface area contributed by atoms with Gasteiger partial charge in [0.15, 0.2) is 0 Å². The largest absolute Gasteiger partial charge is 0.444 e. The Kier molecular flexibility index (Phi) is 5.90. The molecule has 0 unspecified atom stereocenters. The molecule has 0 bridgehead atoms. The SMILES string of the molecule is NC(=O)CCCC(Oc1ccc(N)cc1)(Oc1ccc(N)cc1)C(N)=O. The van der Waals surface area contributed by atoms with Crippen molar-refractivity contribution in [2.75, 3.05) is 11.5 Å². The fourth-order valence-electron chi connectivity index (χ4n) is 2.29. The van der Waals surface area contributed by atoms with Crippen molar-refractivity contribution in [3.63, 3.8) is 0 Å². The predicted molar refractivity (Wildman–Crippen MR) is 97.9 cm³/mol. The second kappa shape index (κ2) is 8.11. The molecule has 2 aromatic rings. The number of hydrogen-bond donors (Lipinski definition) is 4. The molecule has 0 spiro atoms. The summed E-state index contributed by atoms with van der Waals surface area (Å²) in [6.07, 6.45) is 0.341. The minimum atomic E-state index is -1.82. The van der Waals surface area contributed by atoms with Gasteiger partial charge in [-0.1, -0.05) is 0 Å². The van der Waals surface area contributed by atoms with Gasteiger partial charge in [-0.25, -0.2) is 0 Å². The summed E-state index contributed by atoms with van der Waals surface area (Å²) in [6.45, 7) is 0. The lowest BCUT2D eigenvalue weighted by atomic mass is 10.1. The van der Waals surface area contributed by atoms with Crippen LogP contribution in [0.3, 0.4) is 0 Å². The van der Waals surface area contributed by atoms with Crippen molar-refractivity contribution in [1.29, 1.82) is 0 Å². The van der Waals surface area contributed by atoms with Gasteiger partial charge >= 0.3 is 11.7 Å². The number of amides is 2. The van der Waals surface area contributed by atoms with Crippen molar-refractivity contribution in [3.8, 4) is 11.5 Å². The smallest absolute Gasteiger partial charge is 0.331 e. The molecule has 0 aliphatic rings. The quantitative estimate of drug-likeness (QED) is 0.389. The summed E-state index contributed by atoms with van der Waals surface area (Å²) in [5.74, 6) is -2.47. The maximum Gasteiger partial charge on any atom is 0.331 e. The zero-order valence-corrected chi connectivity index (χ0v) is 14.2. The summed E-state index contributed by atoms with van der Waals surface area (Å²) in [7, 11) is 0. The molecule has 0 atom stereocenters. The van der Waals surface area contributed by atoms with Crippen LogP contribution in [0, 0.1) is 0 Å². The van der Waals surface area contributed by atoms with Crippen LogP contribution in [-0.4, -0.2) is 17.6 Å². The highest BCUT2D eigenvalue weighted by Crippen LogP contribution is 2.28. The molecule has 2 rings (SSSR count). The number of hydrogen-bond acceptors (Lipinski definition) is 6. The number of nitrogens with two attached hydrogens (primary N) is 4. The van der Waals surface area contributed by atoms with Gasteiger partial charge in [0.25, 0.3) is 0 Å². The van der Waals surface area contributed by atoms with Crippen molar-refractivity contribution in [2.45, 2.75) is 25.0 Å². The Morgan fingerprint density at radius 3 is 1.58 bits per heavy atom. The Labute approximate surface area is 151 Å². The van der Waals surface area contributed by atoms with Crippen molar-refractivity contribution < 1.29 is 19.1 Å². The molecule has 0 saturated heterocycles. The number of rotatable bonds is 9. The van der Waals surface area contributed by atoms with Crippen LogP contribution in [0.1, 0.15) is 19.3 Å². The Hall–Kier alpha value is -3.42. The van der Waals surface area contributed by atoms with Crippen molar-refractivity contribution in [3.05, 3.63) is 48.5 Å². The van der Waals surface area contributed by atoms with Gasteiger partial charge < -0.3 is 32.4 Å². The summed E-state index contributed by atoms with van der Waals surface area (Å²) in [5.41, 5.74) is 23.2. The molecule has 0 aromatic heterocycles. The van der Waals surface area contributed by atoms with E-state index in [0.717, 1.165) is 0 Å². The van der Waals surface area contributed by atoms with E-state index >= 15 is 0 Å². The molecular formula is C18H22N4O4. The van der Waals surface area contributed by atoms with E-state index in [1.165, 1.54) is 0 Å². The Balaban J connectivity index is 2.31. The molecule has 0 fully saturated rings. The Bertz CT molecular complexity index is 712. The number of carbonyl (C=O) groups excluding carboxylic acids is 2. The van der Waals surface area contributed by atoms with Gasteiger partial charge in [-0.15, -0.1) is 0 Å². The van der Waals surface area contributed by atoms with Crippen LogP contribution in [0.4, 0.5) is 11.4 Å². The molecule has 26 heavy (non-hydrogen) atoms. The number of primary amides is 2. The number of anilines is 2. The van der Waals surface area contributed by atoms with Gasteiger partial charge in [0.2, 0.25) is 5.91 Å². The van der Waals surface area contributed by atoms with Gasteiger partial charge in [0, 0.05) is 24.2 Å². The normalized spacial score (nSPS) is 10.9. The minimum absolute atomic E-state index is 0.0278. The van der Waals surface area contributed by atoms with E-state index in [1.54, 1.807) is 48.5 Å². The molecule has 0 aliphatic heterocycles.